The van der Waals surface area contributed by atoms with Crippen LogP contribution in [-0.2, 0) is 0 Å². The number of methoxy groups -OCH3 is 1. The first-order chi connectivity index (χ1) is 12.1. The van der Waals surface area contributed by atoms with Gasteiger partial charge in [-0.15, -0.1) is 5.10 Å². The first-order valence-corrected chi connectivity index (χ1v) is 8.36. The van der Waals surface area contributed by atoms with Crippen molar-refractivity contribution in [2.75, 3.05) is 33.1 Å². The topological polar surface area (TPSA) is 50.3 Å². The number of anilines is 1. The van der Waals surface area contributed by atoms with Crippen LogP contribution in [0.5, 0.6) is 5.75 Å². The Hall–Kier alpha value is -2.66. The van der Waals surface area contributed by atoms with E-state index in [2.05, 4.69) is 58.8 Å². The molecule has 0 bridgehead atoms. The molecule has 0 aliphatic rings. The van der Waals surface area contributed by atoms with Gasteiger partial charge in [-0.25, -0.2) is 0 Å². The second kappa shape index (κ2) is 7.49. The number of rotatable bonds is 6. The minimum absolute atomic E-state index is 0.216. The van der Waals surface area contributed by atoms with Gasteiger partial charge >= 0.3 is 0 Å². The maximum absolute atomic E-state index is 5.25. The minimum Gasteiger partial charge on any atom is -0.497 e. The van der Waals surface area contributed by atoms with Crippen LogP contribution in [0.2, 0.25) is 0 Å². The van der Waals surface area contributed by atoms with Gasteiger partial charge < -0.3 is 15.0 Å². The van der Waals surface area contributed by atoms with E-state index in [1.807, 2.05) is 31.2 Å². The van der Waals surface area contributed by atoms with E-state index < -0.39 is 0 Å². The standard InChI is InChI=1S/C20H24N4O/c1-14-17-7-5-6-8-18(17)20(23-22-14)21-13-19(24(2)3)15-9-11-16(25-4)12-10-15/h5-12,19H,13H2,1-4H3,(H,21,23). The highest BCUT2D eigenvalue weighted by molar-refractivity contribution is 5.92. The number of aryl methyl sites for hydroxylation is 1. The van der Waals surface area contributed by atoms with Crippen molar-refractivity contribution >= 4 is 16.6 Å². The van der Waals surface area contributed by atoms with E-state index in [1.165, 1.54) is 5.56 Å². The van der Waals surface area contributed by atoms with E-state index in [-0.39, 0.29) is 6.04 Å². The summed E-state index contributed by atoms with van der Waals surface area (Å²) in [7, 11) is 5.84. The third-order valence-corrected chi connectivity index (χ3v) is 4.46. The minimum atomic E-state index is 0.216. The van der Waals surface area contributed by atoms with Crippen LogP contribution in [0.3, 0.4) is 0 Å². The summed E-state index contributed by atoms with van der Waals surface area (Å²) in [5.74, 6) is 1.69. The number of hydrogen-bond donors (Lipinski definition) is 1. The largest absolute Gasteiger partial charge is 0.497 e. The zero-order valence-corrected chi connectivity index (χ0v) is 15.2. The third kappa shape index (κ3) is 3.72. The highest BCUT2D eigenvalue weighted by Gasteiger charge is 2.15. The number of nitrogens with one attached hydrogen (secondary N) is 1. The molecule has 2 aromatic carbocycles. The lowest BCUT2D eigenvalue weighted by Crippen LogP contribution is -2.27. The second-order valence-electron chi connectivity index (χ2n) is 6.31. The van der Waals surface area contributed by atoms with Gasteiger partial charge in [0.2, 0.25) is 0 Å². The Balaban J connectivity index is 1.83. The summed E-state index contributed by atoms with van der Waals surface area (Å²) in [6.07, 6.45) is 0. The van der Waals surface area contributed by atoms with Crippen molar-refractivity contribution in [2.45, 2.75) is 13.0 Å². The fourth-order valence-corrected chi connectivity index (χ4v) is 2.99. The number of likely N-dealkylation sites (N-methyl/N-ethyl adjacent to an activating group) is 1. The molecule has 5 heteroatoms. The average molecular weight is 336 g/mol. The number of fused-ring (bicyclic) bond motifs is 1. The fraction of sp³-hybridized carbons (Fsp3) is 0.300. The van der Waals surface area contributed by atoms with E-state index in [0.717, 1.165) is 34.6 Å². The molecule has 130 valence electrons. The van der Waals surface area contributed by atoms with Crippen molar-refractivity contribution in [1.82, 2.24) is 15.1 Å². The zero-order valence-electron chi connectivity index (χ0n) is 15.2. The van der Waals surface area contributed by atoms with Crippen molar-refractivity contribution in [3.05, 3.63) is 59.8 Å². The van der Waals surface area contributed by atoms with Crippen LogP contribution >= 0.6 is 0 Å². The maximum atomic E-state index is 5.25. The SMILES string of the molecule is COc1ccc(C(CNc2nnc(C)c3ccccc23)N(C)C)cc1. The van der Waals surface area contributed by atoms with Crippen LogP contribution in [0, 0.1) is 6.92 Å². The van der Waals surface area contributed by atoms with E-state index >= 15 is 0 Å². The molecule has 0 saturated carbocycles. The normalized spacial score (nSPS) is 12.4. The molecule has 5 nitrogen and oxygen atoms in total. The van der Waals surface area contributed by atoms with Crippen molar-refractivity contribution in [1.29, 1.82) is 0 Å². The quantitative estimate of drug-likeness (QED) is 0.744. The highest BCUT2D eigenvalue weighted by Crippen LogP contribution is 2.25. The number of nitrogens with zero attached hydrogens (tertiary/aromatic N) is 3. The Morgan fingerprint density at radius 2 is 1.68 bits per heavy atom. The van der Waals surface area contributed by atoms with Gasteiger partial charge in [-0.2, -0.15) is 5.10 Å². The molecule has 25 heavy (non-hydrogen) atoms. The molecule has 1 unspecified atom stereocenters. The van der Waals surface area contributed by atoms with Crippen LogP contribution in [0.1, 0.15) is 17.3 Å². The average Bonchev–Trinajstić information content (AvgIpc) is 2.64. The molecule has 0 amide bonds. The maximum Gasteiger partial charge on any atom is 0.156 e. The highest BCUT2D eigenvalue weighted by atomic mass is 16.5. The number of hydrogen-bond acceptors (Lipinski definition) is 5. The Morgan fingerprint density at radius 1 is 1.00 bits per heavy atom. The van der Waals surface area contributed by atoms with Gasteiger partial charge in [0.05, 0.1) is 18.8 Å². The smallest absolute Gasteiger partial charge is 0.156 e. The number of benzene rings is 2. The molecule has 0 radical (unpaired) electrons. The first-order valence-electron chi connectivity index (χ1n) is 8.36. The second-order valence-corrected chi connectivity index (χ2v) is 6.31. The van der Waals surface area contributed by atoms with E-state index in [4.69, 9.17) is 4.74 Å². The number of aromatic nitrogens is 2. The van der Waals surface area contributed by atoms with E-state index in [9.17, 15) is 0 Å². The molecule has 0 fully saturated rings. The Kier molecular flexibility index (Phi) is 5.14. The molecule has 3 aromatic rings. The summed E-state index contributed by atoms with van der Waals surface area (Å²) in [5, 5.41) is 14.3. The molecule has 0 aliphatic carbocycles. The zero-order chi connectivity index (χ0) is 17.8. The van der Waals surface area contributed by atoms with Gasteiger partial charge in [0, 0.05) is 17.3 Å². The molecule has 1 N–H and O–H groups in total. The fourth-order valence-electron chi connectivity index (χ4n) is 2.99. The van der Waals surface area contributed by atoms with Crippen LogP contribution in [0.4, 0.5) is 5.82 Å². The van der Waals surface area contributed by atoms with Crippen molar-refractivity contribution in [3.8, 4) is 5.75 Å². The van der Waals surface area contributed by atoms with Gasteiger partial charge in [0.25, 0.3) is 0 Å². The molecule has 0 aliphatic heterocycles. The van der Waals surface area contributed by atoms with Gasteiger partial charge in [0.15, 0.2) is 5.82 Å². The molecule has 3 rings (SSSR count). The summed E-state index contributed by atoms with van der Waals surface area (Å²) in [6.45, 7) is 2.72. The number of ether oxygens (including phenoxy) is 1. The first kappa shape index (κ1) is 17.2. The molecule has 1 aromatic heterocycles. The van der Waals surface area contributed by atoms with Crippen molar-refractivity contribution in [2.24, 2.45) is 0 Å². The van der Waals surface area contributed by atoms with Crippen LogP contribution in [0.15, 0.2) is 48.5 Å². The lowest BCUT2D eigenvalue weighted by atomic mass is 10.1. The summed E-state index contributed by atoms with van der Waals surface area (Å²) < 4.78 is 5.25. The summed E-state index contributed by atoms with van der Waals surface area (Å²) in [4.78, 5) is 2.19. The van der Waals surface area contributed by atoms with Gasteiger partial charge in [0.1, 0.15) is 5.75 Å². The van der Waals surface area contributed by atoms with E-state index in [0.29, 0.717) is 0 Å². The molecule has 0 saturated heterocycles. The molecular weight excluding hydrogens is 312 g/mol. The molecular formula is C20H24N4O. The Labute approximate surface area is 148 Å². The van der Waals surface area contributed by atoms with Gasteiger partial charge in [-0.05, 0) is 38.7 Å². The molecule has 1 atom stereocenters. The predicted molar refractivity (Wildman–Crippen MR) is 102 cm³/mol. The van der Waals surface area contributed by atoms with E-state index in [1.54, 1.807) is 7.11 Å². The summed E-state index contributed by atoms with van der Waals surface area (Å²) in [5.41, 5.74) is 2.17. The third-order valence-electron chi connectivity index (χ3n) is 4.46. The van der Waals surface area contributed by atoms with Crippen molar-refractivity contribution < 1.29 is 4.74 Å². The predicted octanol–water partition coefficient (Wildman–Crippen LogP) is 3.66. The Morgan fingerprint density at radius 3 is 2.32 bits per heavy atom. The van der Waals surface area contributed by atoms with Gasteiger partial charge in [-0.3, -0.25) is 0 Å². The summed E-state index contributed by atoms with van der Waals surface area (Å²) >= 11 is 0. The Bertz CT molecular complexity index is 846. The lowest BCUT2D eigenvalue weighted by molar-refractivity contribution is 0.311. The lowest BCUT2D eigenvalue weighted by Gasteiger charge is -2.25. The van der Waals surface area contributed by atoms with Crippen LogP contribution in [0.25, 0.3) is 10.8 Å². The molecule has 1 heterocycles. The summed E-state index contributed by atoms with van der Waals surface area (Å²) in [6, 6.07) is 16.6. The van der Waals surface area contributed by atoms with Gasteiger partial charge in [-0.1, -0.05) is 36.4 Å². The monoisotopic (exact) mass is 336 g/mol. The van der Waals surface area contributed by atoms with Crippen molar-refractivity contribution in [3.63, 3.8) is 0 Å². The van der Waals surface area contributed by atoms with Crippen LogP contribution < -0.4 is 10.1 Å². The molecule has 0 spiro atoms. The van der Waals surface area contributed by atoms with Crippen LogP contribution in [-0.4, -0.2) is 42.8 Å².